The molecule has 1 aliphatic heterocycles. The van der Waals surface area contributed by atoms with Gasteiger partial charge in [0.15, 0.2) is 0 Å². The highest BCUT2D eigenvalue weighted by atomic mass is 32.2. The number of hydrogen-bond donors (Lipinski definition) is 1. The van der Waals surface area contributed by atoms with E-state index in [1.54, 1.807) is 6.20 Å². The van der Waals surface area contributed by atoms with Crippen LogP contribution in [0.2, 0.25) is 25.7 Å². The number of benzene rings is 1. The molecule has 13 heteroatoms. The Morgan fingerprint density at radius 2 is 1.87 bits per heavy atom. The van der Waals surface area contributed by atoms with Crippen LogP contribution < -0.4 is 10.6 Å². The van der Waals surface area contributed by atoms with Gasteiger partial charge in [-0.1, -0.05) is 59.0 Å². The first kappa shape index (κ1) is 35.8. The predicted molar refractivity (Wildman–Crippen MR) is 186 cm³/mol. The highest BCUT2D eigenvalue weighted by Gasteiger charge is 2.30. The Kier molecular flexibility index (Phi) is 11.2. The van der Waals surface area contributed by atoms with Gasteiger partial charge in [0.2, 0.25) is 5.91 Å². The molecule has 3 heterocycles. The molecule has 2 N–H and O–H groups in total. The molecule has 0 bridgehead atoms. The molecule has 2 aromatic heterocycles. The summed E-state index contributed by atoms with van der Waals surface area (Å²) in [5.41, 5.74) is 9.54. The molecule has 0 fully saturated rings. The van der Waals surface area contributed by atoms with Crippen molar-refractivity contribution in [3.05, 3.63) is 59.3 Å². The van der Waals surface area contributed by atoms with Crippen molar-refractivity contribution in [2.75, 3.05) is 32.1 Å². The number of aromatic nitrogens is 4. The summed E-state index contributed by atoms with van der Waals surface area (Å²) in [6.45, 7) is 15.4. The monoisotopic (exact) mass is 671 g/mol. The van der Waals surface area contributed by atoms with Crippen LogP contribution in [0, 0.1) is 5.41 Å². The van der Waals surface area contributed by atoms with Gasteiger partial charge in [0.25, 0.3) is 0 Å². The van der Waals surface area contributed by atoms with Gasteiger partial charge in [0.1, 0.15) is 18.4 Å². The van der Waals surface area contributed by atoms with E-state index in [-0.39, 0.29) is 11.8 Å². The molecule has 0 saturated carbocycles. The fraction of sp³-hybridized carbons (Fsp3) is 0.606. The Hall–Kier alpha value is -3.00. The first-order valence-corrected chi connectivity index (χ1v) is 21.4. The van der Waals surface area contributed by atoms with Gasteiger partial charge in [0, 0.05) is 65.1 Å². The maximum Gasteiger partial charge on any atom is 0.308 e. The van der Waals surface area contributed by atoms with Crippen molar-refractivity contribution < 1.29 is 17.9 Å². The van der Waals surface area contributed by atoms with E-state index >= 15 is 0 Å². The number of carbonyl (C=O) groups excluding carboxylic acids is 1. The molecule has 254 valence electrons. The second kappa shape index (κ2) is 14.4. The van der Waals surface area contributed by atoms with Crippen LogP contribution in [0.3, 0.4) is 0 Å². The molecule has 1 unspecified atom stereocenters. The summed E-state index contributed by atoms with van der Waals surface area (Å²) in [6.07, 6.45) is 7.47. The van der Waals surface area contributed by atoms with Crippen LogP contribution in [0.15, 0.2) is 36.7 Å². The Balaban J connectivity index is 1.60. The minimum absolute atomic E-state index is 0.0231. The topological polar surface area (TPSA) is 129 Å². The molecule has 46 heavy (non-hydrogen) atoms. The number of imidazole rings is 1. The van der Waals surface area contributed by atoms with Crippen molar-refractivity contribution in [1.82, 2.24) is 23.0 Å². The summed E-state index contributed by atoms with van der Waals surface area (Å²) in [5, 5.41) is 4.65. The van der Waals surface area contributed by atoms with Gasteiger partial charge in [-0.05, 0) is 54.8 Å². The maximum absolute atomic E-state index is 13.4. The molecule has 4 rings (SSSR count). The molecular weight excluding hydrogens is 619 g/mol. The summed E-state index contributed by atoms with van der Waals surface area (Å²) in [5.74, 6) is 0.372. The Morgan fingerprint density at radius 3 is 2.48 bits per heavy atom. The fourth-order valence-corrected chi connectivity index (χ4v) is 7.46. The Labute approximate surface area is 276 Å². The number of amides is 1. The average molecular weight is 672 g/mol. The number of hydrogen-bond acceptors (Lipinski definition) is 7. The molecule has 0 saturated heterocycles. The third-order valence-corrected chi connectivity index (χ3v) is 12.2. The summed E-state index contributed by atoms with van der Waals surface area (Å²) in [7, 11) is -2.06. The van der Waals surface area contributed by atoms with Gasteiger partial charge in [-0.15, -0.1) is 0 Å². The molecule has 11 nitrogen and oxygen atoms in total. The van der Waals surface area contributed by atoms with Gasteiger partial charge in [-0.3, -0.25) is 4.79 Å². The number of nitrogens with two attached hydrogens (primary N) is 1. The standard InChI is InChI=1S/C33H53N7O4SSi/c1-9-33(2,3)21-28-23-40(45(42,43)37(4)5)31(36-28)27(20-30(34)41)19-25-12-14-29(15-13-25)38-16-10-11-26-22-35-39(32(26)38)24-44-17-18-46(6,7)8/h12-15,22-23,27H,9-11,16-21,24H2,1-8H3,(H2,34,41). The second-order valence-corrected chi connectivity index (χ2v) is 22.3. The number of fused-ring (bicyclic) bond motifs is 1. The van der Waals surface area contributed by atoms with Crippen molar-refractivity contribution in [2.24, 2.45) is 11.1 Å². The van der Waals surface area contributed by atoms with Crippen LogP contribution in [0.25, 0.3) is 0 Å². The molecule has 1 atom stereocenters. The molecule has 0 radical (unpaired) electrons. The Morgan fingerprint density at radius 1 is 1.17 bits per heavy atom. The normalized spacial score (nSPS) is 14.9. The lowest BCUT2D eigenvalue weighted by molar-refractivity contribution is -0.118. The van der Waals surface area contributed by atoms with Crippen molar-refractivity contribution >= 4 is 35.7 Å². The number of rotatable bonds is 16. The van der Waals surface area contributed by atoms with E-state index in [9.17, 15) is 13.2 Å². The lowest BCUT2D eigenvalue weighted by atomic mass is 9.85. The summed E-state index contributed by atoms with van der Waals surface area (Å²) in [6, 6.07) is 9.34. The van der Waals surface area contributed by atoms with Crippen LogP contribution in [0.5, 0.6) is 0 Å². The van der Waals surface area contributed by atoms with Gasteiger partial charge < -0.3 is 15.4 Å². The van der Waals surface area contributed by atoms with Crippen LogP contribution in [-0.2, 0) is 45.7 Å². The van der Waals surface area contributed by atoms with Crippen LogP contribution in [-0.4, -0.2) is 72.7 Å². The van der Waals surface area contributed by atoms with E-state index in [0.29, 0.717) is 31.1 Å². The number of anilines is 2. The van der Waals surface area contributed by atoms with E-state index < -0.39 is 30.1 Å². The number of ether oxygens (including phenoxy) is 1. The maximum atomic E-state index is 13.4. The smallest absolute Gasteiger partial charge is 0.308 e. The number of primary amides is 1. The van der Waals surface area contributed by atoms with Crippen LogP contribution in [0.4, 0.5) is 11.5 Å². The number of aryl methyl sites for hydroxylation is 1. The van der Waals surface area contributed by atoms with Crippen molar-refractivity contribution in [2.45, 2.75) is 97.6 Å². The van der Waals surface area contributed by atoms with Gasteiger partial charge in [-0.25, -0.2) is 13.6 Å². The minimum Gasteiger partial charge on any atom is -0.370 e. The highest BCUT2D eigenvalue weighted by Crippen LogP contribution is 2.35. The lowest BCUT2D eigenvalue weighted by Gasteiger charge is -2.30. The molecular formula is C33H53N7O4SSi. The molecule has 1 aromatic carbocycles. The first-order chi connectivity index (χ1) is 21.5. The van der Waals surface area contributed by atoms with Gasteiger partial charge >= 0.3 is 10.2 Å². The third-order valence-electron chi connectivity index (χ3n) is 8.80. The van der Waals surface area contributed by atoms with E-state index in [1.165, 1.54) is 23.6 Å². The molecule has 3 aromatic rings. The zero-order chi connectivity index (χ0) is 33.9. The zero-order valence-corrected chi connectivity index (χ0v) is 30.7. The predicted octanol–water partition coefficient (Wildman–Crippen LogP) is 5.31. The van der Waals surface area contributed by atoms with Gasteiger partial charge in [-0.2, -0.15) is 17.8 Å². The lowest BCUT2D eigenvalue weighted by Crippen LogP contribution is -2.31. The van der Waals surface area contributed by atoms with Crippen LogP contribution in [0.1, 0.15) is 68.6 Å². The minimum atomic E-state index is -3.87. The van der Waals surface area contributed by atoms with E-state index in [4.69, 9.17) is 15.5 Å². The zero-order valence-electron chi connectivity index (χ0n) is 28.9. The van der Waals surface area contributed by atoms with Gasteiger partial charge in [0.05, 0.1) is 11.9 Å². The SMILES string of the molecule is CCC(C)(C)Cc1cn(S(=O)(=O)N(C)C)c(C(CC(N)=O)Cc2ccc(N3CCCc4cnn(COCC[Si](C)(C)C)c43)cc2)n1. The van der Waals surface area contributed by atoms with E-state index in [0.717, 1.165) is 59.8 Å². The quantitative estimate of drug-likeness (QED) is 0.161. The largest absolute Gasteiger partial charge is 0.370 e. The second-order valence-electron chi connectivity index (χ2n) is 14.7. The molecule has 1 aliphatic rings. The Bertz CT molecular complexity index is 1590. The third kappa shape index (κ3) is 8.87. The number of carbonyl (C=O) groups is 1. The average Bonchev–Trinajstić information content (AvgIpc) is 3.59. The van der Waals surface area contributed by atoms with E-state index in [2.05, 4.69) is 62.5 Å². The summed E-state index contributed by atoms with van der Waals surface area (Å²) < 4.78 is 37.2. The highest BCUT2D eigenvalue weighted by molar-refractivity contribution is 7.87. The van der Waals surface area contributed by atoms with Crippen LogP contribution >= 0.6 is 0 Å². The van der Waals surface area contributed by atoms with Crippen molar-refractivity contribution in [1.29, 1.82) is 0 Å². The first-order valence-electron chi connectivity index (χ1n) is 16.3. The summed E-state index contributed by atoms with van der Waals surface area (Å²) >= 11 is 0. The van der Waals surface area contributed by atoms with Crippen molar-refractivity contribution in [3.63, 3.8) is 0 Å². The molecule has 0 aliphatic carbocycles. The fourth-order valence-electron chi connectivity index (χ4n) is 5.67. The number of nitrogens with zero attached hydrogens (tertiary/aromatic N) is 6. The van der Waals surface area contributed by atoms with Crippen molar-refractivity contribution in [3.8, 4) is 0 Å². The molecule has 1 amide bonds. The summed E-state index contributed by atoms with van der Waals surface area (Å²) in [4.78, 5) is 19.4. The van der Waals surface area contributed by atoms with E-state index in [1.807, 2.05) is 23.0 Å². The molecule has 0 spiro atoms.